The Kier molecular flexibility index (Phi) is 5.92. The second-order valence-corrected chi connectivity index (χ2v) is 8.27. The molecule has 2 N–H and O–H groups in total. The van der Waals surface area contributed by atoms with E-state index in [0.717, 1.165) is 5.56 Å². The van der Waals surface area contributed by atoms with Gasteiger partial charge in [0.15, 0.2) is 0 Å². The first-order valence-corrected chi connectivity index (χ1v) is 9.49. The van der Waals surface area contributed by atoms with Crippen molar-refractivity contribution in [3.05, 3.63) is 34.9 Å². The minimum atomic E-state index is -0.775. The van der Waals surface area contributed by atoms with Gasteiger partial charge in [0.05, 0.1) is 24.3 Å². The van der Waals surface area contributed by atoms with Crippen LogP contribution in [0.25, 0.3) is 0 Å². The Hall–Kier alpha value is -2.16. The summed E-state index contributed by atoms with van der Waals surface area (Å²) in [6.45, 7) is 7.19. The Morgan fingerprint density at radius 3 is 2.79 bits per heavy atom. The van der Waals surface area contributed by atoms with Gasteiger partial charge < -0.3 is 24.6 Å². The Balaban J connectivity index is 1.61. The molecule has 0 bridgehead atoms. The van der Waals surface area contributed by atoms with Crippen LogP contribution >= 0.6 is 0 Å². The van der Waals surface area contributed by atoms with Crippen molar-refractivity contribution in [2.24, 2.45) is 0 Å². The number of esters is 1. The molecule has 1 aromatic rings. The van der Waals surface area contributed by atoms with Gasteiger partial charge in [-0.2, -0.15) is 0 Å². The van der Waals surface area contributed by atoms with Crippen LogP contribution in [0.2, 0.25) is 0 Å². The largest absolute Gasteiger partial charge is 0.457 e. The number of nitrogens with zero attached hydrogens (tertiary/aromatic N) is 2. The van der Waals surface area contributed by atoms with Gasteiger partial charge >= 0.3 is 12.1 Å². The molecular weight excluding hydrogens is 364 g/mol. The number of hydrogen-bond acceptors (Lipinski definition) is 7. The molecule has 1 unspecified atom stereocenters. The summed E-state index contributed by atoms with van der Waals surface area (Å²) >= 11 is 0. The normalized spacial score (nSPS) is 21.2. The lowest BCUT2D eigenvalue weighted by Crippen LogP contribution is -2.57. The number of aliphatic hydroxyl groups excluding tert-OH is 2. The number of carbonyl (C=O) groups excluding carboxylic acids is 2. The highest BCUT2D eigenvalue weighted by Gasteiger charge is 2.33. The van der Waals surface area contributed by atoms with E-state index >= 15 is 0 Å². The summed E-state index contributed by atoms with van der Waals surface area (Å²) < 4.78 is 10.4. The van der Waals surface area contributed by atoms with E-state index in [1.165, 1.54) is 0 Å². The number of aliphatic hydroxyl groups is 2. The summed E-state index contributed by atoms with van der Waals surface area (Å²) in [4.78, 5) is 27.4. The van der Waals surface area contributed by atoms with E-state index < -0.39 is 17.8 Å². The monoisotopic (exact) mass is 392 g/mol. The molecule has 1 amide bonds. The zero-order valence-electron chi connectivity index (χ0n) is 16.6. The zero-order chi connectivity index (χ0) is 20.5. The molecule has 0 saturated carbocycles. The third kappa shape index (κ3) is 4.63. The molecule has 0 radical (unpaired) electrons. The molecule has 1 aromatic carbocycles. The summed E-state index contributed by atoms with van der Waals surface area (Å²) in [5, 5.41) is 20.4. The fourth-order valence-electron chi connectivity index (χ4n) is 3.49. The predicted octanol–water partition coefficient (Wildman–Crippen LogP) is 1.30. The number of β-amino-alcohol motifs (C(OH)–C–C–N with tert-alkyl or cyclic N) is 1. The van der Waals surface area contributed by atoms with Crippen LogP contribution in [0.4, 0.5) is 4.79 Å². The van der Waals surface area contributed by atoms with Crippen molar-refractivity contribution >= 4 is 12.1 Å². The van der Waals surface area contributed by atoms with Crippen molar-refractivity contribution in [2.75, 3.05) is 32.8 Å². The molecule has 2 aliphatic heterocycles. The number of fused-ring (bicyclic) bond motifs is 1. The van der Waals surface area contributed by atoms with Crippen LogP contribution in [0.15, 0.2) is 18.2 Å². The quantitative estimate of drug-likeness (QED) is 0.745. The average molecular weight is 392 g/mol. The molecule has 0 spiro atoms. The van der Waals surface area contributed by atoms with E-state index in [9.17, 15) is 19.8 Å². The summed E-state index contributed by atoms with van der Waals surface area (Å²) in [7, 11) is 0. The van der Waals surface area contributed by atoms with Crippen molar-refractivity contribution in [3.8, 4) is 0 Å². The fraction of sp³-hybridized carbons (Fsp3) is 0.600. The van der Waals surface area contributed by atoms with Crippen molar-refractivity contribution in [2.45, 2.75) is 45.1 Å². The number of rotatable bonds is 4. The average Bonchev–Trinajstić information content (AvgIpc) is 3.01. The van der Waals surface area contributed by atoms with E-state index in [-0.39, 0.29) is 25.2 Å². The van der Waals surface area contributed by atoms with Gasteiger partial charge in [0.2, 0.25) is 0 Å². The molecule has 8 heteroatoms. The maximum atomic E-state index is 12.3. The van der Waals surface area contributed by atoms with Crippen LogP contribution in [0, 0.1) is 0 Å². The minimum Gasteiger partial charge on any atom is -0.457 e. The van der Waals surface area contributed by atoms with Crippen LogP contribution in [0.3, 0.4) is 0 Å². The molecule has 8 nitrogen and oxygen atoms in total. The number of carbonyl (C=O) groups is 2. The lowest BCUT2D eigenvalue weighted by Gasteiger charge is -2.41. The maximum Gasteiger partial charge on any atom is 0.410 e. The SMILES string of the molecule is CC(C)(C)OC(=O)N1CCN(CC(O)c2ccc3c(c2)COC3=O)[C@H](CO)C1. The second-order valence-electron chi connectivity index (χ2n) is 8.27. The molecule has 0 aromatic heterocycles. The molecule has 2 atom stereocenters. The Bertz CT molecular complexity index is 745. The van der Waals surface area contributed by atoms with Gasteiger partial charge in [-0.25, -0.2) is 9.59 Å². The molecule has 1 fully saturated rings. The lowest BCUT2D eigenvalue weighted by molar-refractivity contribution is -0.0147. The summed E-state index contributed by atoms with van der Waals surface area (Å²) in [5.74, 6) is -0.338. The van der Waals surface area contributed by atoms with Gasteiger partial charge in [-0.05, 0) is 38.5 Å². The Morgan fingerprint density at radius 2 is 2.11 bits per heavy atom. The van der Waals surface area contributed by atoms with Gasteiger partial charge in [0.25, 0.3) is 0 Å². The predicted molar refractivity (Wildman–Crippen MR) is 101 cm³/mol. The van der Waals surface area contributed by atoms with Gasteiger partial charge in [0, 0.05) is 31.7 Å². The minimum absolute atomic E-state index is 0.126. The van der Waals surface area contributed by atoms with Crippen molar-refractivity contribution in [3.63, 3.8) is 0 Å². The summed E-state index contributed by atoms with van der Waals surface area (Å²) in [5.41, 5.74) is 1.44. The maximum absolute atomic E-state index is 12.3. The van der Waals surface area contributed by atoms with Crippen molar-refractivity contribution < 1.29 is 29.3 Å². The molecule has 2 aliphatic rings. The van der Waals surface area contributed by atoms with E-state index in [4.69, 9.17) is 9.47 Å². The molecular formula is C20H28N2O6. The Labute approximate surface area is 164 Å². The first-order valence-electron chi connectivity index (χ1n) is 9.49. The van der Waals surface area contributed by atoms with Gasteiger partial charge in [-0.3, -0.25) is 4.90 Å². The van der Waals surface area contributed by atoms with E-state index in [1.54, 1.807) is 23.1 Å². The van der Waals surface area contributed by atoms with Crippen LogP contribution in [0.5, 0.6) is 0 Å². The number of benzene rings is 1. The Morgan fingerprint density at radius 1 is 1.36 bits per heavy atom. The van der Waals surface area contributed by atoms with Gasteiger partial charge in [-0.1, -0.05) is 6.07 Å². The molecule has 28 heavy (non-hydrogen) atoms. The highest BCUT2D eigenvalue weighted by atomic mass is 16.6. The molecule has 2 heterocycles. The molecule has 1 saturated heterocycles. The van der Waals surface area contributed by atoms with Crippen LogP contribution < -0.4 is 0 Å². The number of cyclic esters (lactones) is 1. The number of hydrogen-bond donors (Lipinski definition) is 2. The molecule has 3 rings (SSSR count). The summed E-state index contributed by atoms with van der Waals surface area (Å²) in [6.07, 6.45) is -1.17. The third-order valence-corrected chi connectivity index (χ3v) is 4.97. The first kappa shape index (κ1) is 20.6. The second kappa shape index (κ2) is 8.06. The topological polar surface area (TPSA) is 99.5 Å². The van der Waals surface area contributed by atoms with Crippen LogP contribution in [-0.4, -0.2) is 76.5 Å². The zero-order valence-corrected chi connectivity index (χ0v) is 16.6. The molecule has 0 aliphatic carbocycles. The highest BCUT2D eigenvalue weighted by Crippen LogP contribution is 2.25. The van der Waals surface area contributed by atoms with Gasteiger partial charge in [0.1, 0.15) is 12.2 Å². The van der Waals surface area contributed by atoms with Crippen LogP contribution in [0.1, 0.15) is 48.4 Å². The number of piperazine rings is 1. The van der Waals surface area contributed by atoms with Crippen molar-refractivity contribution in [1.82, 2.24) is 9.80 Å². The van der Waals surface area contributed by atoms with E-state index in [2.05, 4.69) is 0 Å². The summed E-state index contributed by atoms with van der Waals surface area (Å²) in [6, 6.07) is 4.90. The lowest BCUT2D eigenvalue weighted by atomic mass is 10.0. The smallest absolute Gasteiger partial charge is 0.410 e. The van der Waals surface area contributed by atoms with Crippen molar-refractivity contribution in [1.29, 1.82) is 0 Å². The fourth-order valence-corrected chi connectivity index (χ4v) is 3.49. The number of amides is 1. The van der Waals surface area contributed by atoms with E-state index in [0.29, 0.717) is 37.3 Å². The standard InChI is InChI=1S/C20H28N2O6/c1-20(2,3)28-19(26)22-7-6-21(15(9-22)11-23)10-17(24)13-4-5-16-14(8-13)12-27-18(16)25/h4-5,8,15,17,23-24H,6-7,9-12H2,1-3H3/t15-,17?/m0/s1. The van der Waals surface area contributed by atoms with Gasteiger partial charge in [-0.15, -0.1) is 0 Å². The van der Waals surface area contributed by atoms with E-state index in [1.807, 2.05) is 25.7 Å². The number of ether oxygens (including phenoxy) is 2. The highest BCUT2D eigenvalue weighted by molar-refractivity contribution is 5.93. The first-order chi connectivity index (χ1) is 13.2. The third-order valence-electron chi connectivity index (χ3n) is 4.97. The van der Waals surface area contributed by atoms with Crippen LogP contribution in [-0.2, 0) is 16.1 Å². The molecule has 154 valence electrons.